The van der Waals surface area contributed by atoms with Gasteiger partial charge in [0.15, 0.2) is 0 Å². The maximum absolute atomic E-state index is 12.8. The van der Waals surface area contributed by atoms with E-state index >= 15 is 0 Å². The zero-order chi connectivity index (χ0) is 20.9. The van der Waals surface area contributed by atoms with E-state index in [0.717, 1.165) is 38.2 Å². The first-order chi connectivity index (χ1) is 14.6. The van der Waals surface area contributed by atoms with Gasteiger partial charge in [-0.2, -0.15) is 0 Å². The van der Waals surface area contributed by atoms with Gasteiger partial charge in [-0.3, -0.25) is 9.69 Å². The third kappa shape index (κ3) is 4.89. The quantitative estimate of drug-likeness (QED) is 0.688. The van der Waals surface area contributed by atoms with Crippen LogP contribution in [0, 0.1) is 0 Å². The van der Waals surface area contributed by atoms with Crippen molar-refractivity contribution in [1.82, 2.24) is 9.80 Å². The maximum Gasteiger partial charge on any atom is 0.239 e. The molecule has 1 aliphatic heterocycles. The highest BCUT2D eigenvalue weighted by molar-refractivity contribution is 5.83. The standard InChI is InChI=1S/C26H31N3O/c1-20-19-29(26(30)25(27)18-21-7-3-2-4-8-21)16-15-28(20)14-13-22-11-12-23-9-5-6-10-24(23)17-22/h2-12,17,20,25H,13-16,18-19,27H2,1H3/t20-,25-/m1/s1. The lowest BCUT2D eigenvalue weighted by atomic mass is 10.0. The van der Waals surface area contributed by atoms with Crippen molar-refractivity contribution in [2.24, 2.45) is 5.73 Å². The molecule has 0 unspecified atom stereocenters. The Morgan fingerprint density at radius 2 is 1.70 bits per heavy atom. The second kappa shape index (κ2) is 9.41. The van der Waals surface area contributed by atoms with Crippen molar-refractivity contribution in [3.8, 4) is 0 Å². The van der Waals surface area contributed by atoms with Gasteiger partial charge in [0.05, 0.1) is 6.04 Å². The lowest BCUT2D eigenvalue weighted by molar-refractivity contribution is -0.135. The molecule has 1 fully saturated rings. The van der Waals surface area contributed by atoms with Gasteiger partial charge in [0.25, 0.3) is 0 Å². The second-order valence-corrected chi connectivity index (χ2v) is 8.40. The predicted octanol–water partition coefficient (Wildman–Crippen LogP) is 3.49. The highest BCUT2D eigenvalue weighted by atomic mass is 16.2. The van der Waals surface area contributed by atoms with E-state index in [2.05, 4.69) is 54.3 Å². The highest BCUT2D eigenvalue weighted by Crippen LogP contribution is 2.18. The maximum atomic E-state index is 12.8. The molecule has 4 rings (SSSR count). The molecule has 0 aromatic heterocycles. The molecule has 0 spiro atoms. The van der Waals surface area contributed by atoms with Crippen molar-refractivity contribution >= 4 is 16.7 Å². The molecule has 4 nitrogen and oxygen atoms in total. The zero-order valence-electron chi connectivity index (χ0n) is 17.7. The van der Waals surface area contributed by atoms with Crippen LogP contribution < -0.4 is 5.73 Å². The summed E-state index contributed by atoms with van der Waals surface area (Å²) in [5.41, 5.74) is 8.71. The Balaban J connectivity index is 1.29. The van der Waals surface area contributed by atoms with Gasteiger partial charge in [0.1, 0.15) is 0 Å². The average molecular weight is 402 g/mol. The van der Waals surface area contributed by atoms with Crippen molar-refractivity contribution in [2.75, 3.05) is 26.2 Å². The van der Waals surface area contributed by atoms with E-state index in [9.17, 15) is 4.79 Å². The summed E-state index contributed by atoms with van der Waals surface area (Å²) >= 11 is 0. The summed E-state index contributed by atoms with van der Waals surface area (Å²) in [7, 11) is 0. The molecule has 1 heterocycles. The van der Waals surface area contributed by atoms with Gasteiger partial charge in [0.2, 0.25) is 5.91 Å². The van der Waals surface area contributed by atoms with E-state index in [4.69, 9.17) is 5.73 Å². The van der Waals surface area contributed by atoms with Crippen LogP contribution in [0.1, 0.15) is 18.1 Å². The summed E-state index contributed by atoms with van der Waals surface area (Å²) in [4.78, 5) is 17.3. The number of piperazine rings is 1. The van der Waals surface area contributed by atoms with E-state index in [0.29, 0.717) is 12.5 Å². The number of hydrogen-bond acceptors (Lipinski definition) is 3. The molecular weight excluding hydrogens is 370 g/mol. The molecule has 2 N–H and O–H groups in total. The minimum absolute atomic E-state index is 0.0693. The first kappa shape index (κ1) is 20.6. The van der Waals surface area contributed by atoms with Crippen molar-refractivity contribution in [2.45, 2.75) is 31.8 Å². The first-order valence-electron chi connectivity index (χ1n) is 10.9. The fraction of sp³-hybridized carbons (Fsp3) is 0.346. The Morgan fingerprint density at radius 3 is 2.47 bits per heavy atom. The Kier molecular flexibility index (Phi) is 6.46. The summed E-state index contributed by atoms with van der Waals surface area (Å²) in [5, 5.41) is 2.58. The fourth-order valence-corrected chi connectivity index (χ4v) is 4.38. The number of hydrogen-bond donors (Lipinski definition) is 1. The Labute approximate surface area is 179 Å². The number of carbonyl (C=O) groups is 1. The van der Waals surface area contributed by atoms with E-state index in [-0.39, 0.29) is 5.91 Å². The van der Waals surface area contributed by atoms with Gasteiger partial charge in [-0.25, -0.2) is 0 Å². The highest BCUT2D eigenvalue weighted by Gasteiger charge is 2.29. The molecule has 0 saturated carbocycles. The van der Waals surface area contributed by atoms with Gasteiger partial charge < -0.3 is 10.6 Å². The summed E-state index contributed by atoms with van der Waals surface area (Å²) in [5.74, 6) is 0.0693. The molecule has 1 saturated heterocycles. The molecule has 0 aliphatic carbocycles. The molecule has 1 aliphatic rings. The summed E-state index contributed by atoms with van der Waals surface area (Å²) in [6.45, 7) is 5.63. The van der Waals surface area contributed by atoms with Crippen LogP contribution in [0.15, 0.2) is 72.8 Å². The van der Waals surface area contributed by atoms with Crippen LogP contribution in [0.2, 0.25) is 0 Å². The largest absolute Gasteiger partial charge is 0.338 e. The third-order valence-electron chi connectivity index (χ3n) is 6.19. The number of fused-ring (bicyclic) bond motifs is 1. The molecule has 2 atom stereocenters. The molecule has 0 radical (unpaired) electrons. The van der Waals surface area contributed by atoms with Gasteiger partial charge >= 0.3 is 0 Å². The molecule has 0 bridgehead atoms. The van der Waals surface area contributed by atoms with E-state index in [1.165, 1.54) is 16.3 Å². The summed E-state index contributed by atoms with van der Waals surface area (Å²) < 4.78 is 0. The summed E-state index contributed by atoms with van der Waals surface area (Å²) in [6, 6.07) is 25.1. The Morgan fingerprint density at radius 1 is 0.967 bits per heavy atom. The lowest BCUT2D eigenvalue weighted by Gasteiger charge is -2.40. The number of benzene rings is 3. The Bertz CT molecular complexity index is 988. The Hall–Kier alpha value is -2.69. The fourth-order valence-electron chi connectivity index (χ4n) is 4.38. The third-order valence-corrected chi connectivity index (χ3v) is 6.19. The van der Waals surface area contributed by atoms with Crippen molar-refractivity contribution in [3.05, 3.63) is 83.9 Å². The first-order valence-corrected chi connectivity index (χ1v) is 10.9. The molecule has 30 heavy (non-hydrogen) atoms. The minimum Gasteiger partial charge on any atom is -0.338 e. The van der Waals surface area contributed by atoms with Crippen LogP contribution in [0.4, 0.5) is 0 Å². The van der Waals surface area contributed by atoms with Crippen LogP contribution in [0.5, 0.6) is 0 Å². The second-order valence-electron chi connectivity index (χ2n) is 8.40. The average Bonchev–Trinajstić information content (AvgIpc) is 2.78. The molecule has 4 heteroatoms. The number of nitrogens with two attached hydrogens (primary N) is 1. The molecule has 3 aromatic rings. The van der Waals surface area contributed by atoms with Crippen LogP contribution in [0.3, 0.4) is 0 Å². The number of nitrogens with zero attached hydrogens (tertiary/aromatic N) is 2. The van der Waals surface area contributed by atoms with Gasteiger partial charge in [0, 0.05) is 32.2 Å². The van der Waals surface area contributed by atoms with Crippen LogP contribution >= 0.6 is 0 Å². The lowest BCUT2D eigenvalue weighted by Crippen LogP contribution is -2.57. The van der Waals surface area contributed by atoms with Crippen LogP contribution in [0.25, 0.3) is 10.8 Å². The van der Waals surface area contributed by atoms with E-state index in [1.807, 2.05) is 35.2 Å². The summed E-state index contributed by atoms with van der Waals surface area (Å²) in [6.07, 6.45) is 1.62. The normalized spacial score (nSPS) is 18.5. The van der Waals surface area contributed by atoms with Crippen molar-refractivity contribution in [3.63, 3.8) is 0 Å². The number of rotatable bonds is 6. The van der Waals surface area contributed by atoms with Gasteiger partial charge in [-0.1, -0.05) is 72.8 Å². The zero-order valence-corrected chi connectivity index (χ0v) is 17.7. The van der Waals surface area contributed by atoms with E-state index < -0.39 is 6.04 Å². The van der Waals surface area contributed by atoms with Crippen molar-refractivity contribution < 1.29 is 4.79 Å². The molecular formula is C26H31N3O. The predicted molar refractivity (Wildman–Crippen MR) is 123 cm³/mol. The van der Waals surface area contributed by atoms with Gasteiger partial charge in [-0.15, -0.1) is 0 Å². The minimum atomic E-state index is -0.469. The topological polar surface area (TPSA) is 49.6 Å². The molecule has 1 amide bonds. The SMILES string of the molecule is C[C@@H]1CN(C(=O)[C@H](N)Cc2ccccc2)CCN1CCc1ccc2ccccc2c1. The molecule has 156 valence electrons. The van der Waals surface area contributed by atoms with Crippen molar-refractivity contribution in [1.29, 1.82) is 0 Å². The smallest absolute Gasteiger partial charge is 0.239 e. The molecule has 3 aromatic carbocycles. The van der Waals surface area contributed by atoms with Crippen LogP contribution in [-0.2, 0) is 17.6 Å². The van der Waals surface area contributed by atoms with Crippen LogP contribution in [-0.4, -0.2) is 54.0 Å². The van der Waals surface area contributed by atoms with Gasteiger partial charge in [-0.05, 0) is 41.7 Å². The number of amides is 1. The monoisotopic (exact) mass is 401 g/mol. The van der Waals surface area contributed by atoms with E-state index in [1.54, 1.807) is 0 Å². The number of carbonyl (C=O) groups excluding carboxylic acids is 1.